The van der Waals surface area contributed by atoms with Gasteiger partial charge in [0, 0.05) is 0 Å². The summed E-state index contributed by atoms with van der Waals surface area (Å²) in [6.45, 7) is 4.35. The van der Waals surface area contributed by atoms with E-state index in [-0.39, 0.29) is 0 Å². The molecule has 0 aromatic heterocycles. The SMILES string of the molecule is CCC(CC1OC1C)c1ccc(OC)c(OC)c1. The van der Waals surface area contributed by atoms with Crippen LogP contribution >= 0.6 is 0 Å². The number of methoxy groups -OCH3 is 2. The van der Waals surface area contributed by atoms with Gasteiger partial charge >= 0.3 is 0 Å². The fourth-order valence-electron chi connectivity index (χ4n) is 2.40. The third kappa shape index (κ3) is 2.78. The fraction of sp³-hybridized carbons (Fsp3) is 0.600. The van der Waals surface area contributed by atoms with E-state index in [9.17, 15) is 0 Å². The molecule has 3 unspecified atom stereocenters. The van der Waals surface area contributed by atoms with E-state index in [0.717, 1.165) is 24.3 Å². The van der Waals surface area contributed by atoms with Crippen LogP contribution in [0.25, 0.3) is 0 Å². The number of hydrogen-bond donors (Lipinski definition) is 0. The summed E-state index contributed by atoms with van der Waals surface area (Å²) in [7, 11) is 3.34. The number of epoxide rings is 1. The van der Waals surface area contributed by atoms with E-state index >= 15 is 0 Å². The first-order valence-electron chi connectivity index (χ1n) is 6.57. The summed E-state index contributed by atoms with van der Waals surface area (Å²) in [5, 5.41) is 0. The maximum atomic E-state index is 5.52. The lowest BCUT2D eigenvalue weighted by Gasteiger charge is -2.16. The lowest BCUT2D eigenvalue weighted by atomic mass is 9.91. The summed E-state index contributed by atoms with van der Waals surface area (Å²) < 4.78 is 16.1. The van der Waals surface area contributed by atoms with E-state index in [1.165, 1.54) is 5.56 Å². The van der Waals surface area contributed by atoms with E-state index < -0.39 is 0 Å². The van der Waals surface area contributed by atoms with Crippen LogP contribution in [0.3, 0.4) is 0 Å². The second-order valence-corrected chi connectivity index (χ2v) is 4.83. The molecule has 0 bridgehead atoms. The van der Waals surface area contributed by atoms with Crippen molar-refractivity contribution in [2.45, 2.75) is 44.8 Å². The predicted octanol–water partition coefficient (Wildman–Crippen LogP) is 3.37. The minimum absolute atomic E-state index is 0.430. The Kier molecular flexibility index (Phi) is 4.12. The van der Waals surface area contributed by atoms with Crippen molar-refractivity contribution in [1.82, 2.24) is 0 Å². The molecule has 100 valence electrons. The van der Waals surface area contributed by atoms with Crippen LogP contribution in [0.15, 0.2) is 18.2 Å². The molecule has 1 aromatic rings. The predicted molar refractivity (Wildman–Crippen MR) is 71.5 cm³/mol. The van der Waals surface area contributed by atoms with Gasteiger partial charge in [-0.3, -0.25) is 0 Å². The molecule has 1 aliphatic rings. The van der Waals surface area contributed by atoms with Gasteiger partial charge in [0.2, 0.25) is 0 Å². The first-order chi connectivity index (χ1) is 8.69. The average Bonchev–Trinajstić information content (AvgIpc) is 3.10. The second-order valence-electron chi connectivity index (χ2n) is 4.83. The van der Waals surface area contributed by atoms with Gasteiger partial charge in [-0.2, -0.15) is 0 Å². The first kappa shape index (κ1) is 13.2. The smallest absolute Gasteiger partial charge is 0.160 e. The van der Waals surface area contributed by atoms with Crippen molar-refractivity contribution in [2.24, 2.45) is 0 Å². The maximum absolute atomic E-state index is 5.52. The Morgan fingerprint density at radius 1 is 1.22 bits per heavy atom. The molecule has 3 atom stereocenters. The molecule has 3 nitrogen and oxygen atoms in total. The third-order valence-electron chi connectivity index (χ3n) is 3.73. The van der Waals surface area contributed by atoms with Crippen LogP contribution in [0.5, 0.6) is 11.5 Å². The molecule has 18 heavy (non-hydrogen) atoms. The molecular formula is C15H22O3. The molecule has 0 aliphatic carbocycles. The zero-order chi connectivity index (χ0) is 13.1. The van der Waals surface area contributed by atoms with Gasteiger partial charge < -0.3 is 14.2 Å². The highest BCUT2D eigenvalue weighted by Gasteiger charge is 2.36. The van der Waals surface area contributed by atoms with Crippen LogP contribution in [0, 0.1) is 0 Å². The molecule has 1 saturated heterocycles. The molecule has 0 saturated carbocycles. The van der Waals surface area contributed by atoms with Crippen LogP contribution in [0.1, 0.15) is 38.2 Å². The van der Waals surface area contributed by atoms with Gasteiger partial charge in [0.1, 0.15) is 0 Å². The number of rotatable bonds is 6. The zero-order valence-corrected chi connectivity index (χ0v) is 11.6. The fourth-order valence-corrected chi connectivity index (χ4v) is 2.40. The largest absolute Gasteiger partial charge is 0.493 e. The van der Waals surface area contributed by atoms with E-state index in [4.69, 9.17) is 14.2 Å². The van der Waals surface area contributed by atoms with Gasteiger partial charge in [0.15, 0.2) is 11.5 Å². The summed E-state index contributed by atoms with van der Waals surface area (Å²) in [6, 6.07) is 6.19. The number of hydrogen-bond acceptors (Lipinski definition) is 3. The van der Waals surface area contributed by atoms with Crippen molar-refractivity contribution < 1.29 is 14.2 Å². The number of benzene rings is 1. The quantitative estimate of drug-likeness (QED) is 0.725. The third-order valence-corrected chi connectivity index (χ3v) is 3.73. The van der Waals surface area contributed by atoms with Crippen molar-refractivity contribution in [2.75, 3.05) is 14.2 Å². The van der Waals surface area contributed by atoms with Crippen molar-refractivity contribution in [3.05, 3.63) is 23.8 Å². The van der Waals surface area contributed by atoms with Crippen LogP contribution in [-0.4, -0.2) is 26.4 Å². The standard InChI is InChI=1S/C15H22O3/c1-5-11(8-14-10(2)18-14)12-6-7-13(16-3)15(9-12)17-4/h6-7,9-11,14H,5,8H2,1-4H3. The summed E-state index contributed by atoms with van der Waals surface area (Å²) in [4.78, 5) is 0. The van der Waals surface area contributed by atoms with Gasteiger partial charge in [-0.1, -0.05) is 13.0 Å². The van der Waals surface area contributed by atoms with Crippen molar-refractivity contribution in [3.8, 4) is 11.5 Å². The molecule has 1 aromatic carbocycles. The normalized spacial score (nSPS) is 23.6. The van der Waals surface area contributed by atoms with Gasteiger partial charge in [-0.05, 0) is 43.4 Å². The highest BCUT2D eigenvalue weighted by Crippen LogP contribution is 2.37. The lowest BCUT2D eigenvalue weighted by molar-refractivity contribution is 0.350. The topological polar surface area (TPSA) is 31.0 Å². The summed E-state index contributed by atoms with van der Waals surface area (Å²) in [5.41, 5.74) is 1.30. The molecule has 0 radical (unpaired) electrons. The van der Waals surface area contributed by atoms with Crippen LogP contribution in [-0.2, 0) is 4.74 Å². The highest BCUT2D eigenvalue weighted by molar-refractivity contribution is 5.44. The van der Waals surface area contributed by atoms with E-state index in [1.807, 2.05) is 6.07 Å². The Morgan fingerprint density at radius 3 is 2.39 bits per heavy atom. The van der Waals surface area contributed by atoms with Gasteiger partial charge in [-0.25, -0.2) is 0 Å². The maximum Gasteiger partial charge on any atom is 0.160 e. The molecule has 1 fully saturated rings. The van der Waals surface area contributed by atoms with Crippen molar-refractivity contribution in [3.63, 3.8) is 0 Å². The zero-order valence-electron chi connectivity index (χ0n) is 11.6. The summed E-state index contributed by atoms with van der Waals surface area (Å²) in [5.74, 6) is 2.12. The molecule has 0 N–H and O–H groups in total. The Labute approximate surface area is 109 Å². The van der Waals surface area contributed by atoms with Gasteiger partial charge in [0.25, 0.3) is 0 Å². The van der Waals surface area contributed by atoms with Gasteiger partial charge in [0.05, 0.1) is 26.4 Å². The Morgan fingerprint density at radius 2 is 1.89 bits per heavy atom. The number of ether oxygens (including phenoxy) is 3. The minimum atomic E-state index is 0.430. The molecular weight excluding hydrogens is 228 g/mol. The van der Waals surface area contributed by atoms with E-state index in [1.54, 1.807) is 14.2 Å². The van der Waals surface area contributed by atoms with Gasteiger partial charge in [-0.15, -0.1) is 0 Å². The molecule has 2 rings (SSSR count). The molecule has 0 spiro atoms. The lowest BCUT2D eigenvalue weighted by Crippen LogP contribution is -2.04. The monoisotopic (exact) mass is 250 g/mol. The first-order valence-corrected chi connectivity index (χ1v) is 6.57. The van der Waals surface area contributed by atoms with Crippen molar-refractivity contribution >= 4 is 0 Å². The molecule has 3 heteroatoms. The van der Waals surface area contributed by atoms with E-state index in [2.05, 4.69) is 26.0 Å². The summed E-state index contributed by atoms with van der Waals surface area (Å²) >= 11 is 0. The minimum Gasteiger partial charge on any atom is -0.493 e. The Hall–Kier alpha value is -1.22. The van der Waals surface area contributed by atoms with Crippen LogP contribution in [0.2, 0.25) is 0 Å². The van der Waals surface area contributed by atoms with E-state index in [0.29, 0.717) is 18.1 Å². The Bertz CT molecular complexity index is 403. The van der Waals surface area contributed by atoms with Crippen LogP contribution < -0.4 is 9.47 Å². The molecule has 1 aliphatic heterocycles. The summed E-state index contributed by atoms with van der Waals surface area (Å²) in [6.07, 6.45) is 3.07. The second kappa shape index (κ2) is 5.61. The molecule has 1 heterocycles. The molecule has 0 amide bonds. The average molecular weight is 250 g/mol. The van der Waals surface area contributed by atoms with Crippen LogP contribution in [0.4, 0.5) is 0 Å². The highest BCUT2D eigenvalue weighted by atomic mass is 16.6. The Balaban J connectivity index is 2.14. The van der Waals surface area contributed by atoms with Crippen molar-refractivity contribution in [1.29, 1.82) is 0 Å².